The first kappa shape index (κ1) is 88.2. The lowest BCUT2D eigenvalue weighted by Crippen LogP contribution is -2.61. The number of piperidine rings is 1. The van der Waals surface area contributed by atoms with Crippen LogP contribution < -0.4 is 10.6 Å². The topological polar surface area (TPSA) is 352 Å². The van der Waals surface area contributed by atoms with Crippen molar-refractivity contribution in [1.29, 1.82) is 0 Å². The van der Waals surface area contributed by atoms with Crippen LogP contribution in [-0.2, 0) is 95.2 Å². The highest BCUT2D eigenvalue weighted by Crippen LogP contribution is 2.38. The van der Waals surface area contributed by atoms with Crippen LogP contribution in [0.4, 0.5) is 4.79 Å². The number of nitrogens with zero attached hydrogens (tertiary/aromatic N) is 1. The number of rotatable bonds is 34. The molecule has 3 aliphatic heterocycles. The van der Waals surface area contributed by atoms with Gasteiger partial charge in [-0.05, 0) is 107 Å². The number of carbonyl (C=O) groups is 9. The number of carbonyl (C=O) groups excluding carboxylic acids is 8. The van der Waals surface area contributed by atoms with Gasteiger partial charge in [0.2, 0.25) is 11.7 Å². The summed E-state index contributed by atoms with van der Waals surface area (Å²) in [6.45, 7) is 15.7. The van der Waals surface area contributed by atoms with Crippen molar-refractivity contribution in [3.05, 3.63) is 47.6 Å². The van der Waals surface area contributed by atoms with Crippen LogP contribution >= 0.6 is 21.6 Å². The molecule has 5 N–H and O–H groups in total. The summed E-state index contributed by atoms with van der Waals surface area (Å²) in [4.78, 5) is 121. The fraction of sp³-hybridized carbons (Fsp3) is 0.764. The molecule has 3 fully saturated rings. The Labute approximate surface area is 604 Å². The molecule has 0 aromatic carbocycles. The Morgan fingerprint density at radius 2 is 1.37 bits per heavy atom. The number of carboxylic acids is 1. The third-order valence-electron chi connectivity index (χ3n) is 18.5. The summed E-state index contributed by atoms with van der Waals surface area (Å²) in [6.07, 6.45) is 8.82. The number of hydrogen-bond donors (Lipinski definition) is 5. The third kappa shape index (κ3) is 32.4. The second kappa shape index (κ2) is 48.8. The Morgan fingerprint density at radius 3 is 2.00 bits per heavy atom. The van der Waals surface area contributed by atoms with Crippen LogP contribution in [0.15, 0.2) is 47.6 Å². The number of aliphatic hydroxyl groups excluding tert-OH is 1. The Morgan fingerprint density at radius 1 is 0.723 bits per heavy atom. The number of carboxylic acid groups (broad SMARTS) is 1. The summed E-state index contributed by atoms with van der Waals surface area (Å²) >= 11 is 0. The van der Waals surface area contributed by atoms with Crippen molar-refractivity contribution < 1.29 is 115 Å². The number of allylic oxidation sites excluding steroid dienone is 6. The second-order valence-corrected chi connectivity index (χ2v) is 29.2. The normalized spacial score (nSPS) is 30.0. The highest BCUT2D eigenvalue weighted by atomic mass is 33.1. The predicted octanol–water partition coefficient (Wildman–Crippen LogP) is 6.90. The quantitative estimate of drug-likeness (QED) is 0.0109. The summed E-state index contributed by atoms with van der Waals surface area (Å²) < 4.78 is 67.3. The number of aliphatic hydroxyl groups is 2. The Balaban J connectivity index is 1.29. The van der Waals surface area contributed by atoms with Gasteiger partial charge in [0.05, 0.1) is 84.2 Å². The van der Waals surface area contributed by atoms with Gasteiger partial charge in [-0.3, -0.25) is 28.8 Å². The van der Waals surface area contributed by atoms with Gasteiger partial charge in [-0.1, -0.05) is 92.7 Å². The lowest BCUT2D eigenvalue weighted by molar-refractivity contribution is -0.265. The summed E-state index contributed by atoms with van der Waals surface area (Å²) in [6, 6.07) is -1.22. The largest absolute Gasteiger partial charge is 0.480 e. The van der Waals surface area contributed by atoms with Gasteiger partial charge >= 0.3 is 24.0 Å². The van der Waals surface area contributed by atoms with Crippen LogP contribution in [0.2, 0.25) is 0 Å². The minimum atomic E-state index is -2.49. The van der Waals surface area contributed by atoms with Crippen molar-refractivity contribution in [2.24, 2.45) is 35.5 Å². The van der Waals surface area contributed by atoms with E-state index < -0.39 is 114 Å². The van der Waals surface area contributed by atoms with Crippen LogP contribution in [0.5, 0.6) is 0 Å². The van der Waals surface area contributed by atoms with Gasteiger partial charge in [0.1, 0.15) is 49.5 Å². The van der Waals surface area contributed by atoms with Crippen molar-refractivity contribution in [2.45, 2.75) is 193 Å². The molecule has 574 valence electrons. The lowest BCUT2D eigenvalue weighted by Gasteiger charge is -2.42. The molecule has 2 saturated heterocycles. The van der Waals surface area contributed by atoms with Gasteiger partial charge in [-0.2, -0.15) is 0 Å². The van der Waals surface area contributed by atoms with E-state index in [2.05, 4.69) is 10.6 Å². The van der Waals surface area contributed by atoms with Gasteiger partial charge in [-0.25, -0.2) is 14.4 Å². The molecule has 3 amide bonds. The van der Waals surface area contributed by atoms with Crippen LogP contribution in [-0.4, -0.2) is 253 Å². The van der Waals surface area contributed by atoms with Crippen molar-refractivity contribution in [1.82, 2.24) is 15.5 Å². The van der Waals surface area contributed by atoms with Crippen LogP contribution in [0.3, 0.4) is 0 Å². The number of cyclic esters (lactones) is 1. The number of esters is 2. The number of amides is 3. The van der Waals surface area contributed by atoms with E-state index in [4.69, 9.17) is 61.9 Å². The van der Waals surface area contributed by atoms with Crippen molar-refractivity contribution in [2.75, 3.05) is 125 Å². The molecule has 0 spiro atoms. The minimum Gasteiger partial charge on any atom is -0.480 e. The first-order chi connectivity index (χ1) is 48.3. The number of nitrogens with one attached hydrogen (secondary N) is 2. The first-order valence-corrected chi connectivity index (χ1v) is 38.0. The summed E-state index contributed by atoms with van der Waals surface area (Å²) in [5.74, 6) is -9.52. The maximum absolute atomic E-state index is 14.7. The van der Waals surface area contributed by atoms with E-state index in [-0.39, 0.29) is 101 Å². The molecule has 4 rings (SSSR count). The average Bonchev–Trinajstić information content (AvgIpc) is 0.776. The number of aliphatic carboxylic acids is 1. The molecule has 0 radical (unpaired) electrons. The van der Waals surface area contributed by atoms with Gasteiger partial charge in [0, 0.05) is 89.5 Å². The first-order valence-electron chi connectivity index (χ1n) is 35.5. The maximum Gasteiger partial charge on any atom is 0.407 e. The highest BCUT2D eigenvalue weighted by molar-refractivity contribution is 8.76. The smallest absolute Gasteiger partial charge is 0.407 e. The van der Waals surface area contributed by atoms with Gasteiger partial charge < -0.3 is 87.7 Å². The zero-order valence-corrected chi connectivity index (χ0v) is 62.6. The highest BCUT2D eigenvalue weighted by Gasteiger charge is 2.53. The van der Waals surface area contributed by atoms with E-state index >= 15 is 0 Å². The lowest BCUT2D eigenvalue weighted by atomic mass is 9.78. The molecule has 2 bridgehead atoms. The monoisotopic (exact) mass is 1470 g/mol. The third-order valence-corrected chi connectivity index (χ3v) is 20.9. The Bertz CT molecular complexity index is 2700. The number of alkyl carbamates (subject to hydrolysis) is 1. The molecule has 4 aliphatic rings. The number of hydrogen-bond acceptors (Lipinski definition) is 25. The van der Waals surface area contributed by atoms with Crippen molar-refractivity contribution in [3.63, 3.8) is 0 Å². The predicted molar refractivity (Wildman–Crippen MR) is 377 cm³/mol. The molecule has 27 nitrogen and oxygen atoms in total. The van der Waals surface area contributed by atoms with Crippen LogP contribution in [0.1, 0.15) is 138 Å². The molecule has 1 aliphatic carbocycles. The summed E-state index contributed by atoms with van der Waals surface area (Å²) in [7, 11) is 7.47. The van der Waals surface area contributed by atoms with Gasteiger partial charge in [0.15, 0.2) is 5.78 Å². The molecule has 1 saturated carbocycles. The van der Waals surface area contributed by atoms with Crippen LogP contribution in [0.25, 0.3) is 0 Å². The molecular formula is C72H115N3O24S2. The summed E-state index contributed by atoms with van der Waals surface area (Å²) in [5, 5.41) is 37.7. The number of ether oxygens (including phenoxy) is 12. The second-order valence-electron chi connectivity index (χ2n) is 26.5. The number of fused-ring (bicyclic) bond motifs is 3. The molecule has 0 aromatic rings. The van der Waals surface area contributed by atoms with Gasteiger partial charge in [-0.15, -0.1) is 0 Å². The molecule has 101 heavy (non-hydrogen) atoms. The van der Waals surface area contributed by atoms with E-state index in [1.165, 1.54) is 35.8 Å². The van der Waals surface area contributed by atoms with E-state index in [1.807, 2.05) is 51.2 Å². The van der Waals surface area contributed by atoms with Crippen molar-refractivity contribution >= 4 is 74.8 Å². The van der Waals surface area contributed by atoms with E-state index in [0.717, 1.165) is 10.5 Å². The maximum atomic E-state index is 14.7. The van der Waals surface area contributed by atoms with E-state index in [1.54, 1.807) is 40.9 Å². The summed E-state index contributed by atoms with van der Waals surface area (Å²) in [5.41, 5.74) is 1.19. The van der Waals surface area contributed by atoms with Crippen molar-refractivity contribution in [3.8, 4) is 0 Å². The zero-order chi connectivity index (χ0) is 74.3. The molecule has 3 heterocycles. The SMILES string of the molecule is CO[C@H]1C[C@@H]2CC[C@@H](C)[C@@](O)(O2)C(=O)C(=O)N2CCCC[C@H]2C(=O)O[C@H]([C@H](C)C[C@@H]2CC[C@@H](OC(=O)CCC(=O)NCCSSCCNC(=O)OCCOCCOCCOCCOCCOCC(=O)O)[C@H](OC)C2)CC(=O)[C@H](C)/C=C(\C)[C@@H](O)[C@@H](OC)C(=O)[C@H](C)C[C@H](C)/C=C/C=C/C=C/1C. The molecular weight excluding hydrogens is 1350 g/mol. The fourth-order valence-corrected chi connectivity index (χ4v) is 14.4. The Kier molecular flexibility index (Phi) is 42.6. The molecule has 15 atom stereocenters. The fourth-order valence-electron chi connectivity index (χ4n) is 12.6. The number of Topliss-reactive ketones (excluding diaryl/α,β-unsaturated/α-hetero) is 3. The standard InChI is InChI=1S/C72H115N3O24S2/c1-47-16-12-11-13-17-48(2)59(88-8)44-55-21-19-53(7)72(87,99-55)68(83)69(84)75-27-15-14-18-56(75)70(85)98-60(45-57(76)49(3)41-52(6)66(82)67(90-10)65(81)51(5)40-47)50(4)42-54-20-22-58(61(43-54)89-9)97-64(80)24-23-62(77)73-25-38-100-101-39-26-74-71(86)96-37-36-94-33-32-92-29-28-91-30-31-93-34-35-95-46-63(78)79/h11-13,16-17,41,47,49-51,53-56,58-61,66-67,82,87H,14-15,18-40,42-46H2,1-10H3,(H,73,77)(H,74,86)(H,78,79)/b13-11+,16-12+,48-17+,52-41+/t47-,49-,50-,51-,53-,54+,55+,56+,58-,59+,60+,61-,66-,67+,72-/m1/s1. The average molecular weight is 1470 g/mol. The van der Waals surface area contributed by atoms with E-state index in [0.29, 0.717) is 128 Å². The zero-order valence-electron chi connectivity index (χ0n) is 60.9. The molecule has 0 aromatic heterocycles. The molecule has 29 heteroatoms. The Hall–Kier alpha value is -5.15. The van der Waals surface area contributed by atoms with Crippen LogP contribution in [0, 0.1) is 35.5 Å². The minimum absolute atomic E-state index is 0.0232. The van der Waals surface area contributed by atoms with Gasteiger partial charge in [0.25, 0.3) is 11.7 Å². The number of ketones is 3. The molecule has 0 unspecified atom stereocenters. The number of methoxy groups -OCH3 is 3. The van der Waals surface area contributed by atoms with E-state index in [9.17, 15) is 53.4 Å².